The van der Waals surface area contributed by atoms with E-state index in [9.17, 15) is 5.11 Å². The van der Waals surface area contributed by atoms with Crippen molar-refractivity contribution in [3.8, 4) is 0 Å². The monoisotopic (exact) mass is 358 g/mol. The Kier molecular flexibility index (Phi) is 3.70. The van der Waals surface area contributed by atoms with E-state index in [4.69, 9.17) is 0 Å². The van der Waals surface area contributed by atoms with Crippen molar-refractivity contribution >= 4 is 31.9 Å². The highest BCUT2D eigenvalue weighted by molar-refractivity contribution is 9.10. The van der Waals surface area contributed by atoms with Gasteiger partial charge in [-0.1, -0.05) is 28.1 Å². The molecule has 0 aliphatic heterocycles. The third-order valence-electron chi connectivity index (χ3n) is 2.65. The summed E-state index contributed by atoms with van der Waals surface area (Å²) in [6.45, 7) is 2.01. The Labute approximate surface area is 117 Å². The van der Waals surface area contributed by atoms with Crippen LogP contribution in [0.5, 0.6) is 0 Å². The summed E-state index contributed by atoms with van der Waals surface area (Å²) in [5.41, 5.74) is 2.73. The van der Waals surface area contributed by atoms with Crippen LogP contribution in [0.2, 0.25) is 0 Å². The van der Waals surface area contributed by atoms with Crippen molar-refractivity contribution in [1.29, 1.82) is 0 Å². The van der Waals surface area contributed by atoms with Crippen molar-refractivity contribution in [3.63, 3.8) is 0 Å². The number of aliphatic hydroxyl groups excluding tert-OH is 1. The highest BCUT2D eigenvalue weighted by atomic mass is 79.9. The SMILES string of the molecule is Cc1ccc(C(O)c2c(Br)cnn2C)c(Br)c1. The second-order valence-electron chi connectivity index (χ2n) is 3.93. The molecule has 1 aromatic carbocycles. The molecule has 0 saturated heterocycles. The molecular formula is C12H12Br2N2O. The van der Waals surface area contributed by atoms with Crippen LogP contribution in [-0.2, 0) is 7.05 Å². The van der Waals surface area contributed by atoms with Gasteiger partial charge >= 0.3 is 0 Å². The molecule has 0 saturated carbocycles. The van der Waals surface area contributed by atoms with Crippen LogP contribution in [0.4, 0.5) is 0 Å². The van der Waals surface area contributed by atoms with E-state index >= 15 is 0 Å². The van der Waals surface area contributed by atoms with E-state index < -0.39 is 6.10 Å². The summed E-state index contributed by atoms with van der Waals surface area (Å²) in [7, 11) is 1.81. The van der Waals surface area contributed by atoms with Gasteiger partial charge in [-0.3, -0.25) is 4.68 Å². The molecule has 0 radical (unpaired) electrons. The number of benzene rings is 1. The van der Waals surface area contributed by atoms with Crippen molar-refractivity contribution in [2.75, 3.05) is 0 Å². The van der Waals surface area contributed by atoms with E-state index in [0.717, 1.165) is 25.8 Å². The molecule has 3 nitrogen and oxygen atoms in total. The van der Waals surface area contributed by atoms with Crippen molar-refractivity contribution in [2.45, 2.75) is 13.0 Å². The maximum Gasteiger partial charge on any atom is 0.123 e. The Morgan fingerprint density at radius 2 is 2.00 bits per heavy atom. The predicted octanol–water partition coefficient (Wildman–Crippen LogP) is 3.34. The van der Waals surface area contributed by atoms with E-state index in [1.165, 1.54) is 0 Å². The Hall–Kier alpha value is -0.650. The summed E-state index contributed by atoms with van der Waals surface area (Å²) >= 11 is 6.87. The molecule has 17 heavy (non-hydrogen) atoms. The summed E-state index contributed by atoms with van der Waals surface area (Å²) < 4.78 is 3.37. The zero-order valence-corrected chi connectivity index (χ0v) is 12.7. The van der Waals surface area contributed by atoms with Crippen molar-refractivity contribution < 1.29 is 5.11 Å². The summed E-state index contributed by atoms with van der Waals surface area (Å²) in [6.07, 6.45) is 0.979. The van der Waals surface area contributed by atoms with Gasteiger partial charge in [0, 0.05) is 17.1 Å². The first-order valence-electron chi connectivity index (χ1n) is 5.12. The lowest BCUT2D eigenvalue weighted by Gasteiger charge is -2.14. The molecule has 0 spiro atoms. The van der Waals surface area contributed by atoms with Gasteiger partial charge in [-0.05, 0) is 34.5 Å². The van der Waals surface area contributed by atoms with Crippen LogP contribution in [-0.4, -0.2) is 14.9 Å². The van der Waals surface area contributed by atoms with Crippen LogP contribution in [0, 0.1) is 6.92 Å². The van der Waals surface area contributed by atoms with E-state index in [0.29, 0.717) is 0 Å². The number of rotatable bonds is 2. The van der Waals surface area contributed by atoms with Gasteiger partial charge in [-0.25, -0.2) is 0 Å². The molecule has 1 unspecified atom stereocenters. The zero-order valence-electron chi connectivity index (χ0n) is 9.48. The number of hydrogen-bond donors (Lipinski definition) is 1. The molecule has 1 N–H and O–H groups in total. The summed E-state index contributed by atoms with van der Waals surface area (Å²) in [4.78, 5) is 0. The van der Waals surface area contributed by atoms with Crippen LogP contribution < -0.4 is 0 Å². The first-order chi connectivity index (χ1) is 8.00. The number of hydrogen-bond acceptors (Lipinski definition) is 2. The second kappa shape index (κ2) is 4.92. The Balaban J connectivity index is 2.47. The quantitative estimate of drug-likeness (QED) is 0.892. The molecular weight excluding hydrogens is 348 g/mol. The fourth-order valence-corrected chi connectivity index (χ4v) is 3.00. The lowest BCUT2D eigenvalue weighted by Crippen LogP contribution is -2.08. The van der Waals surface area contributed by atoms with E-state index in [1.807, 2.05) is 32.2 Å². The zero-order chi connectivity index (χ0) is 12.6. The Morgan fingerprint density at radius 1 is 1.29 bits per heavy atom. The van der Waals surface area contributed by atoms with Gasteiger partial charge in [-0.15, -0.1) is 0 Å². The first-order valence-corrected chi connectivity index (χ1v) is 6.71. The summed E-state index contributed by atoms with van der Waals surface area (Å²) in [5.74, 6) is 0. The number of aryl methyl sites for hydroxylation is 2. The number of nitrogens with zero attached hydrogens (tertiary/aromatic N) is 2. The Morgan fingerprint density at radius 3 is 2.53 bits per heavy atom. The molecule has 5 heteroatoms. The molecule has 0 bridgehead atoms. The van der Waals surface area contributed by atoms with Gasteiger partial charge in [0.15, 0.2) is 0 Å². The van der Waals surface area contributed by atoms with Crippen LogP contribution >= 0.6 is 31.9 Å². The van der Waals surface area contributed by atoms with Gasteiger partial charge in [0.25, 0.3) is 0 Å². The van der Waals surface area contributed by atoms with E-state index in [2.05, 4.69) is 37.0 Å². The van der Waals surface area contributed by atoms with Crippen LogP contribution in [0.1, 0.15) is 22.9 Å². The minimum absolute atomic E-state index is 0.702. The molecule has 2 aromatic rings. The predicted molar refractivity (Wildman–Crippen MR) is 73.8 cm³/mol. The molecule has 2 rings (SSSR count). The van der Waals surface area contributed by atoms with Gasteiger partial charge in [-0.2, -0.15) is 5.10 Å². The number of aromatic nitrogens is 2. The van der Waals surface area contributed by atoms with E-state index in [-0.39, 0.29) is 0 Å². The molecule has 0 fully saturated rings. The molecule has 1 atom stereocenters. The molecule has 1 aromatic heterocycles. The second-order valence-corrected chi connectivity index (χ2v) is 5.64. The number of aliphatic hydroxyl groups is 1. The molecule has 90 valence electrons. The van der Waals surface area contributed by atoms with Crippen LogP contribution in [0.15, 0.2) is 33.3 Å². The van der Waals surface area contributed by atoms with Crippen molar-refractivity contribution in [2.24, 2.45) is 7.05 Å². The van der Waals surface area contributed by atoms with Crippen molar-refractivity contribution in [3.05, 3.63) is 50.2 Å². The van der Waals surface area contributed by atoms with Crippen LogP contribution in [0.25, 0.3) is 0 Å². The molecule has 0 aliphatic rings. The minimum atomic E-state index is -0.702. The topological polar surface area (TPSA) is 38.1 Å². The lowest BCUT2D eigenvalue weighted by atomic mass is 10.1. The van der Waals surface area contributed by atoms with Crippen molar-refractivity contribution in [1.82, 2.24) is 9.78 Å². The third kappa shape index (κ3) is 2.46. The van der Waals surface area contributed by atoms with Gasteiger partial charge in [0.1, 0.15) is 6.10 Å². The summed E-state index contributed by atoms with van der Waals surface area (Å²) in [5, 5.41) is 14.5. The lowest BCUT2D eigenvalue weighted by molar-refractivity contribution is 0.208. The minimum Gasteiger partial charge on any atom is -0.382 e. The average Bonchev–Trinajstić information content (AvgIpc) is 2.58. The fourth-order valence-electron chi connectivity index (χ4n) is 1.73. The molecule has 1 heterocycles. The molecule has 0 aliphatic carbocycles. The van der Waals surface area contributed by atoms with Gasteiger partial charge < -0.3 is 5.11 Å². The first kappa shape index (κ1) is 12.8. The summed E-state index contributed by atoms with van der Waals surface area (Å²) in [6, 6.07) is 5.89. The highest BCUT2D eigenvalue weighted by Gasteiger charge is 2.20. The van der Waals surface area contributed by atoms with E-state index in [1.54, 1.807) is 10.9 Å². The average molecular weight is 360 g/mol. The largest absolute Gasteiger partial charge is 0.382 e. The maximum atomic E-state index is 10.4. The Bertz CT molecular complexity index is 532. The smallest absolute Gasteiger partial charge is 0.123 e. The standard InChI is InChI=1S/C12H12Br2N2O/c1-7-3-4-8(9(13)5-7)12(17)11-10(14)6-15-16(11)2/h3-6,12,17H,1-2H3. The molecule has 0 amide bonds. The fraction of sp³-hybridized carbons (Fsp3) is 0.250. The van der Waals surface area contributed by atoms with Gasteiger partial charge in [0.05, 0.1) is 16.4 Å². The maximum absolute atomic E-state index is 10.4. The van der Waals surface area contributed by atoms with Gasteiger partial charge in [0.2, 0.25) is 0 Å². The number of halogens is 2. The highest BCUT2D eigenvalue weighted by Crippen LogP contribution is 2.32. The third-order valence-corrected chi connectivity index (χ3v) is 3.94. The van der Waals surface area contributed by atoms with Crippen LogP contribution in [0.3, 0.4) is 0 Å². The normalized spacial score (nSPS) is 12.8.